The van der Waals surface area contributed by atoms with Gasteiger partial charge in [0.2, 0.25) is 5.82 Å². The molecule has 1 aromatic rings. The molecule has 2 rings (SSSR count). The minimum Gasteiger partial charge on any atom is -0.487 e. The molecule has 0 heterocycles. The summed E-state index contributed by atoms with van der Waals surface area (Å²) in [4.78, 5) is -0.874. The summed E-state index contributed by atoms with van der Waals surface area (Å²) in [5.74, 6) is -2.47. The first kappa shape index (κ1) is 15.5. The molecule has 0 aromatic heterocycles. The van der Waals surface area contributed by atoms with Gasteiger partial charge < -0.3 is 4.74 Å². The third-order valence-electron chi connectivity index (χ3n) is 3.53. The summed E-state index contributed by atoms with van der Waals surface area (Å²) in [7, 11) is 0.709. The van der Waals surface area contributed by atoms with E-state index in [1.807, 2.05) is 0 Å². The number of ether oxygens (including phenoxy) is 1. The van der Waals surface area contributed by atoms with E-state index in [4.69, 9.17) is 15.4 Å². The van der Waals surface area contributed by atoms with Crippen LogP contribution in [0.2, 0.25) is 0 Å². The quantitative estimate of drug-likeness (QED) is 0.793. The fourth-order valence-electron chi connectivity index (χ4n) is 2.32. The van der Waals surface area contributed by atoms with Crippen molar-refractivity contribution >= 4 is 19.7 Å². The molecule has 20 heavy (non-hydrogen) atoms. The molecule has 7 heteroatoms. The molecule has 0 saturated heterocycles. The molecule has 0 aliphatic heterocycles. The normalized spacial score (nSPS) is 23.6. The first-order chi connectivity index (χ1) is 9.29. The molecule has 0 spiro atoms. The van der Waals surface area contributed by atoms with E-state index in [0.29, 0.717) is 5.92 Å². The van der Waals surface area contributed by atoms with Crippen LogP contribution in [0.4, 0.5) is 8.78 Å². The average Bonchev–Trinajstić information content (AvgIpc) is 2.36. The van der Waals surface area contributed by atoms with Crippen LogP contribution in [0.25, 0.3) is 0 Å². The Kier molecular flexibility index (Phi) is 4.54. The molecule has 1 aromatic carbocycles. The van der Waals surface area contributed by atoms with E-state index < -0.39 is 25.6 Å². The molecule has 112 valence electrons. The van der Waals surface area contributed by atoms with Gasteiger partial charge in [-0.05, 0) is 43.7 Å². The topological polar surface area (TPSA) is 43.4 Å². The number of rotatable bonds is 3. The number of benzene rings is 1. The van der Waals surface area contributed by atoms with Gasteiger partial charge in [-0.2, -0.15) is 4.39 Å². The Morgan fingerprint density at radius 1 is 1.15 bits per heavy atom. The fraction of sp³-hybridized carbons (Fsp3) is 0.538. The molecule has 1 aliphatic rings. The van der Waals surface area contributed by atoms with Crippen molar-refractivity contribution in [2.45, 2.75) is 43.6 Å². The van der Waals surface area contributed by atoms with Gasteiger partial charge in [-0.3, -0.25) is 0 Å². The molecule has 0 radical (unpaired) electrons. The zero-order chi connectivity index (χ0) is 14.9. The lowest BCUT2D eigenvalue weighted by Gasteiger charge is -2.27. The smallest absolute Gasteiger partial charge is 0.264 e. The van der Waals surface area contributed by atoms with Crippen molar-refractivity contribution in [1.82, 2.24) is 0 Å². The summed E-state index contributed by atoms with van der Waals surface area (Å²) >= 11 is 0. The second-order valence-electron chi connectivity index (χ2n) is 5.13. The molecule has 1 aliphatic carbocycles. The van der Waals surface area contributed by atoms with Gasteiger partial charge in [0.15, 0.2) is 11.6 Å². The van der Waals surface area contributed by atoms with E-state index in [2.05, 4.69) is 6.92 Å². The number of hydrogen-bond donors (Lipinski definition) is 0. The van der Waals surface area contributed by atoms with Crippen LogP contribution < -0.4 is 4.74 Å². The number of halogens is 3. The fourth-order valence-corrected chi connectivity index (χ4v) is 3.21. The lowest BCUT2D eigenvalue weighted by atomic mass is 9.89. The molecule has 0 bridgehead atoms. The highest BCUT2D eigenvalue weighted by atomic mass is 35.7. The molecule has 0 N–H and O–H groups in total. The van der Waals surface area contributed by atoms with Crippen LogP contribution >= 0.6 is 10.7 Å². The van der Waals surface area contributed by atoms with E-state index in [0.717, 1.165) is 37.8 Å². The van der Waals surface area contributed by atoms with Crippen molar-refractivity contribution in [2.24, 2.45) is 5.92 Å². The van der Waals surface area contributed by atoms with Crippen LogP contribution in [-0.2, 0) is 9.05 Å². The molecule has 1 saturated carbocycles. The van der Waals surface area contributed by atoms with Gasteiger partial charge in [-0.1, -0.05) is 6.92 Å². The minimum atomic E-state index is -4.31. The predicted molar refractivity (Wildman–Crippen MR) is 71.4 cm³/mol. The highest BCUT2D eigenvalue weighted by Gasteiger charge is 2.25. The summed E-state index contributed by atoms with van der Waals surface area (Å²) in [5.41, 5.74) is 0. The molecule has 0 unspecified atom stereocenters. The van der Waals surface area contributed by atoms with E-state index in [1.54, 1.807) is 0 Å². The first-order valence-electron chi connectivity index (χ1n) is 6.38. The van der Waals surface area contributed by atoms with Crippen molar-refractivity contribution < 1.29 is 21.9 Å². The Morgan fingerprint density at radius 2 is 1.75 bits per heavy atom. The van der Waals surface area contributed by atoms with Gasteiger partial charge >= 0.3 is 0 Å². The standard InChI is InChI=1S/C13H15ClF2O3S/c1-8-2-4-9(5-3-8)19-10-6-7-11(20(14,17)18)13(16)12(10)15/h6-9H,2-5H2,1H3. The van der Waals surface area contributed by atoms with Gasteiger partial charge in [0.25, 0.3) is 9.05 Å². The van der Waals surface area contributed by atoms with Gasteiger partial charge in [-0.15, -0.1) is 0 Å². The summed E-state index contributed by atoms with van der Waals surface area (Å²) in [5, 5.41) is 0. The summed E-state index contributed by atoms with van der Waals surface area (Å²) in [6.45, 7) is 2.14. The Labute approximate surface area is 121 Å². The highest BCUT2D eigenvalue weighted by molar-refractivity contribution is 8.13. The predicted octanol–water partition coefficient (Wildman–Crippen LogP) is 3.85. The molecule has 0 atom stereocenters. The van der Waals surface area contributed by atoms with Crippen LogP contribution in [0.15, 0.2) is 17.0 Å². The van der Waals surface area contributed by atoms with Gasteiger partial charge in [0.05, 0.1) is 6.10 Å². The van der Waals surface area contributed by atoms with Crippen LogP contribution in [-0.4, -0.2) is 14.5 Å². The van der Waals surface area contributed by atoms with Crippen LogP contribution in [0, 0.1) is 17.6 Å². The van der Waals surface area contributed by atoms with Crippen molar-refractivity contribution in [1.29, 1.82) is 0 Å². The molecular weight excluding hydrogens is 310 g/mol. The minimum absolute atomic E-state index is 0.168. The lowest BCUT2D eigenvalue weighted by molar-refractivity contribution is 0.129. The Bertz CT molecular complexity index is 596. The molecule has 0 amide bonds. The summed E-state index contributed by atoms with van der Waals surface area (Å²) in [6.07, 6.45) is 3.33. The van der Waals surface area contributed by atoms with Gasteiger partial charge in [-0.25, -0.2) is 12.8 Å². The third kappa shape index (κ3) is 3.41. The van der Waals surface area contributed by atoms with Crippen molar-refractivity contribution in [3.05, 3.63) is 23.8 Å². The second kappa shape index (κ2) is 5.85. The van der Waals surface area contributed by atoms with Crippen LogP contribution in [0.3, 0.4) is 0 Å². The van der Waals surface area contributed by atoms with Crippen molar-refractivity contribution in [2.75, 3.05) is 0 Å². The van der Waals surface area contributed by atoms with E-state index >= 15 is 0 Å². The van der Waals surface area contributed by atoms with E-state index in [9.17, 15) is 17.2 Å². The maximum Gasteiger partial charge on any atom is 0.264 e. The van der Waals surface area contributed by atoms with E-state index in [-0.39, 0.29) is 11.9 Å². The SMILES string of the molecule is CC1CCC(Oc2ccc(S(=O)(=O)Cl)c(F)c2F)CC1. The van der Waals surface area contributed by atoms with Crippen LogP contribution in [0.5, 0.6) is 5.75 Å². The third-order valence-corrected chi connectivity index (χ3v) is 4.87. The monoisotopic (exact) mass is 324 g/mol. The lowest BCUT2D eigenvalue weighted by Crippen LogP contribution is -2.23. The Morgan fingerprint density at radius 3 is 2.30 bits per heavy atom. The summed E-state index contributed by atoms with van der Waals surface area (Å²) in [6, 6.07) is 2.02. The largest absolute Gasteiger partial charge is 0.487 e. The van der Waals surface area contributed by atoms with Gasteiger partial charge in [0.1, 0.15) is 4.90 Å². The zero-order valence-electron chi connectivity index (χ0n) is 10.9. The zero-order valence-corrected chi connectivity index (χ0v) is 12.5. The van der Waals surface area contributed by atoms with Crippen molar-refractivity contribution in [3.63, 3.8) is 0 Å². The maximum atomic E-state index is 13.8. The first-order valence-corrected chi connectivity index (χ1v) is 8.69. The summed E-state index contributed by atoms with van der Waals surface area (Å²) < 4.78 is 55.0. The Balaban J connectivity index is 2.20. The molecular formula is C13H15ClF2O3S. The van der Waals surface area contributed by atoms with Crippen molar-refractivity contribution in [3.8, 4) is 5.75 Å². The second-order valence-corrected chi connectivity index (χ2v) is 7.66. The highest BCUT2D eigenvalue weighted by Crippen LogP contribution is 2.31. The molecule has 3 nitrogen and oxygen atoms in total. The van der Waals surface area contributed by atoms with Crippen LogP contribution in [0.1, 0.15) is 32.6 Å². The number of hydrogen-bond acceptors (Lipinski definition) is 3. The maximum absolute atomic E-state index is 13.8. The van der Waals surface area contributed by atoms with E-state index in [1.165, 1.54) is 0 Å². The average molecular weight is 325 g/mol. The van der Waals surface area contributed by atoms with Gasteiger partial charge in [0, 0.05) is 10.7 Å². The Hall–Kier alpha value is -0.880. The molecule has 1 fully saturated rings.